The fourth-order valence-corrected chi connectivity index (χ4v) is 2.36. The minimum Gasteiger partial charge on any atom is -0.435 e. The molecule has 3 nitrogen and oxygen atoms in total. The summed E-state index contributed by atoms with van der Waals surface area (Å²) in [6.07, 6.45) is 0.617. The number of hydrogen-bond acceptors (Lipinski definition) is 2. The Labute approximate surface area is 140 Å². The molecule has 0 unspecified atom stereocenters. The highest BCUT2D eigenvalue weighted by Crippen LogP contribution is 2.23. The van der Waals surface area contributed by atoms with Crippen LogP contribution in [0.5, 0.6) is 5.75 Å². The van der Waals surface area contributed by atoms with Crippen molar-refractivity contribution in [3.8, 4) is 5.75 Å². The Morgan fingerprint density at radius 3 is 2.29 bits per heavy atom. The second-order valence-electron chi connectivity index (χ2n) is 6.02. The Bertz CT molecular complexity index is 655. The van der Waals surface area contributed by atoms with Crippen molar-refractivity contribution in [1.82, 2.24) is 5.32 Å². The molecule has 0 aliphatic carbocycles. The molecule has 0 bridgehead atoms. The molecule has 2 rings (SSSR count). The third kappa shape index (κ3) is 4.78. The van der Waals surface area contributed by atoms with E-state index in [-0.39, 0.29) is 11.7 Å². The highest BCUT2D eigenvalue weighted by atomic mass is 19.3. The highest BCUT2D eigenvalue weighted by molar-refractivity contribution is 5.87. The monoisotopic (exact) mass is 333 g/mol. The maximum Gasteiger partial charge on any atom is 0.387 e. The van der Waals surface area contributed by atoms with Crippen LogP contribution in [-0.2, 0) is 16.6 Å². The Balaban J connectivity index is 1.86. The molecule has 0 spiro atoms. The summed E-state index contributed by atoms with van der Waals surface area (Å²) in [6.45, 7) is 1.42. The van der Waals surface area contributed by atoms with Gasteiger partial charge in [0.05, 0.1) is 5.41 Å². The number of carbonyl (C=O) groups is 1. The van der Waals surface area contributed by atoms with Crippen molar-refractivity contribution >= 4 is 5.91 Å². The SMILES string of the molecule is CC(C)(C(=O)NCCc1ccc(OC(F)F)cc1)c1ccccc1. The zero-order chi connectivity index (χ0) is 17.6. The number of nitrogens with one attached hydrogen (secondary N) is 1. The summed E-state index contributed by atoms with van der Waals surface area (Å²) in [6, 6.07) is 16.0. The van der Waals surface area contributed by atoms with Crippen LogP contribution in [-0.4, -0.2) is 19.1 Å². The maximum atomic E-state index is 12.4. The van der Waals surface area contributed by atoms with E-state index < -0.39 is 12.0 Å². The summed E-state index contributed by atoms with van der Waals surface area (Å²) >= 11 is 0. The van der Waals surface area contributed by atoms with Gasteiger partial charge in [0.25, 0.3) is 0 Å². The number of benzene rings is 2. The van der Waals surface area contributed by atoms with Crippen LogP contribution in [0.1, 0.15) is 25.0 Å². The second kappa shape index (κ2) is 7.90. The standard InChI is InChI=1S/C19H21F2NO2/c1-19(2,15-6-4-3-5-7-15)17(23)22-13-12-14-8-10-16(11-9-14)24-18(20)21/h3-11,18H,12-13H2,1-2H3,(H,22,23). The van der Waals surface area contributed by atoms with Gasteiger partial charge < -0.3 is 10.1 Å². The van der Waals surface area contributed by atoms with Gasteiger partial charge in [-0.2, -0.15) is 8.78 Å². The molecule has 0 fully saturated rings. The van der Waals surface area contributed by atoms with Crippen molar-refractivity contribution in [2.24, 2.45) is 0 Å². The van der Waals surface area contributed by atoms with E-state index in [0.29, 0.717) is 13.0 Å². The van der Waals surface area contributed by atoms with Gasteiger partial charge in [-0.1, -0.05) is 42.5 Å². The third-order valence-corrected chi connectivity index (χ3v) is 3.91. The molecule has 0 radical (unpaired) electrons. The number of ether oxygens (including phenoxy) is 1. The zero-order valence-corrected chi connectivity index (χ0v) is 13.8. The Hall–Kier alpha value is -2.43. The van der Waals surface area contributed by atoms with E-state index in [1.54, 1.807) is 12.1 Å². The molecular weight excluding hydrogens is 312 g/mol. The van der Waals surface area contributed by atoms with Crippen LogP contribution in [0.4, 0.5) is 8.78 Å². The molecule has 1 N–H and O–H groups in total. The molecule has 0 aromatic heterocycles. The van der Waals surface area contributed by atoms with E-state index in [1.165, 1.54) is 12.1 Å². The molecule has 2 aromatic carbocycles. The summed E-state index contributed by atoms with van der Waals surface area (Å²) in [5.74, 6) is 0.0781. The van der Waals surface area contributed by atoms with Gasteiger partial charge in [-0.15, -0.1) is 0 Å². The summed E-state index contributed by atoms with van der Waals surface area (Å²) in [7, 11) is 0. The summed E-state index contributed by atoms with van der Waals surface area (Å²) < 4.78 is 28.5. The minimum absolute atomic E-state index is 0.0497. The van der Waals surface area contributed by atoms with E-state index in [1.807, 2.05) is 44.2 Å². The lowest BCUT2D eigenvalue weighted by molar-refractivity contribution is -0.125. The predicted molar refractivity (Wildman–Crippen MR) is 89.3 cm³/mol. The fourth-order valence-electron chi connectivity index (χ4n) is 2.36. The first-order chi connectivity index (χ1) is 11.4. The van der Waals surface area contributed by atoms with Crippen molar-refractivity contribution in [3.05, 3.63) is 65.7 Å². The van der Waals surface area contributed by atoms with Gasteiger partial charge in [0, 0.05) is 6.54 Å². The van der Waals surface area contributed by atoms with Crippen molar-refractivity contribution in [1.29, 1.82) is 0 Å². The van der Waals surface area contributed by atoms with Crippen LogP contribution in [0, 0.1) is 0 Å². The van der Waals surface area contributed by atoms with Gasteiger partial charge in [0.2, 0.25) is 5.91 Å². The first kappa shape index (κ1) is 17.9. The molecule has 0 heterocycles. The Morgan fingerprint density at radius 2 is 1.71 bits per heavy atom. The van der Waals surface area contributed by atoms with Gasteiger partial charge in [-0.25, -0.2) is 0 Å². The van der Waals surface area contributed by atoms with Gasteiger partial charge in [-0.05, 0) is 43.5 Å². The van der Waals surface area contributed by atoms with Gasteiger partial charge in [-0.3, -0.25) is 4.79 Å². The minimum atomic E-state index is -2.82. The quantitative estimate of drug-likeness (QED) is 0.834. The fraction of sp³-hybridized carbons (Fsp3) is 0.316. The molecule has 2 aromatic rings. The normalized spacial score (nSPS) is 11.4. The lowest BCUT2D eigenvalue weighted by atomic mass is 9.84. The smallest absolute Gasteiger partial charge is 0.387 e. The van der Waals surface area contributed by atoms with Crippen LogP contribution >= 0.6 is 0 Å². The molecule has 5 heteroatoms. The molecule has 0 saturated carbocycles. The molecular formula is C19H21F2NO2. The molecule has 0 aliphatic rings. The summed E-state index contributed by atoms with van der Waals surface area (Å²) in [5.41, 5.74) is 1.28. The molecule has 0 atom stereocenters. The largest absolute Gasteiger partial charge is 0.435 e. The van der Waals surface area contributed by atoms with E-state index >= 15 is 0 Å². The lowest BCUT2D eigenvalue weighted by Gasteiger charge is -2.24. The number of rotatable bonds is 7. The van der Waals surface area contributed by atoms with Crippen molar-refractivity contribution in [2.75, 3.05) is 6.54 Å². The maximum absolute atomic E-state index is 12.4. The number of carbonyl (C=O) groups excluding carboxylic acids is 1. The van der Waals surface area contributed by atoms with Crippen molar-refractivity contribution in [3.63, 3.8) is 0 Å². The topological polar surface area (TPSA) is 38.3 Å². The molecule has 128 valence electrons. The average molecular weight is 333 g/mol. The van der Waals surface area contributed by atoms with Crippen LogP contribution in [0.15, 0.2) is 54.6 Å². The van der Waals surface area contributed by atoms with E-state index in [0.717, 1.165) is 11.1 Å². The summed E-state index contributed by atoms with van der Waals surface area (Å²) in [4.78, 5) is 12.4. The highest BCUT2D eigenvalue weighted by Gasteiger charge is 2.28. The van der Waals surface area contributed by atoms with Crippen LogP contribution in [0.3, 0.4) is 0 Å². The Kier molecular flexibility index (Phi) is 5.90. The van der Waals surface area contributed by atoms with Crippen LogP contribution in [0.25, 0.3) is 0 Å². The van der Waals surface area contributed by atoms with E-state index in [2.05, 4.69) is 10.1 Å². The summed E-state index contributed by atoms with van der Waals surface area (Å²) in [5, 5.41) is 2.93. The van der Waals surface area contributed by atoms with Crippen LogP contribution < -0.4 is 10.1 Å². The van der Waals surface area contributed by atoms with Crippen LogP contribution in [0.2, 0.25) is 0 Å². The zero-order valence-electron chi connectivity index (χ0n) is 13.8. The van der Waals surface area contributed by atoms with E-state index in [4.69, 9.17) is 0 Å². The Morgan fingerprint density at radius 1 is 1.08 bits per heavy atom. The third-order valence-electron chi connectivity index (χ3n) is 3.91. The number of alkyl halides is 2. The van der Waals surface area contributed by atoms with Gasteiger partial charge in [0.15, 0.2) is 0 Å². The number of amides is 1. The average Bonchev–Trinajstić information content (AvgIpc) is 2.56. The molecule has 0 aliphatic heterocycles. The molecule has 1 amide bonds. The van der Waals surface area contributed by atoms with Crippen molar-refractivity contribution in [2.45, 2.75) is 32.3 Å². The second-order valence-corrected chi connectivity index (χ2v) is 6.02. The number of halogens is 2. The first-order valence-corrected chi connectivity index (χ1v) is 7.77. The first-order valence-electron chi connectivity index (χ1n) is 7.77. The number of hydrogen-bond donors (Lipinski definition) is 1. The molecule has 0 saturated heterocycles. The molecule has 24 heavy (non-hydrogen) atoms. The van der Waals surface area contributed by atoms with E-state index in [9.17, 15) is 13.6 Å². The van der Waals surface area contributed by atoms with Gasteiger partial charge >= 0.3 is 6.61 Å². The van der Waals surface area contributed by atoms with Crippen molar-refractivity contribution < 1.29 is 18.3 Å². The van der Waals surface area contributed by atoms with Gasteiger partial charge in [0.1, 0.15) is 5.75 Å². The predicted octanol–water partition coefficient (Wildman–Crippen LogP) is 3.92. The lowest BCUT2D eigenvalue weighted by Crippen LogP contribution is -2.40.